The van der Waals surface area contributed by atoms with E-state index in [2.05, 4.69) is 34.7 Å². The molecular formula is C23H34IN2O2-. The first-order valence-corrected chi connectivity index (χ1v) is 9.51. The Morgan fingerprint density at radius 2 is 1.25 bits per heavy atom. The molecule has 28 heavy (non-hydrogen) atoms. The van der Waals surface area contributed by atoms with Gasteiger partial charge in [-0.15, -0.1) is 0 Å². The molecule has 0 aliphatic heterocycles. The number of carbonyl (C=O) groups is 1. The SMILES string of the molecule is CC(C)[N+](C)(CCC(C(N)=O)(c1ccccc1)c1ccccc1)C(C)C.[I-].[OH-]. The largest absolute Gasteiger partial charge is 1.00 e. The van der Waals surface area contributed by atoms with E-state index in [4.69, 9.17) is 5.73 Å². The van der Waals surface area contributed by atoms with Gasteiger partial charge in [-0.25, -0.2) is 0 Å². The van der Waals surface area contributed by atoms with E-state index in [0.29, 0.717) is 18.5 Å². The third kappa shape index (κ3) is 5.13. The maximum Gasteiger partial charge on any atom is 0.232 e. The minimum atomic E-state index is -0.814. The van der Waals surface area contributed by atoms with Gasteiger partial charge >= 0.3 is 0 Å². The average Bonchev–Trinajstić information content (AvgIpc) is 2.63. The topological polar surface area (TPSA) is 73.1 Å². The average molecular weight is 497 g/mol. The summed E-state index contributed by atoms with van der Waals surface area (Å²) in [7, 11) is 2.27. The molecule has 0 spiro atoms. The highest BCUT2D eigenvalue weighted by Gasteiger charge is 2.43. The van der Waals surface area contributed by atoms with Crippen LogP contribution in [0.3, 0.4) is 0 Å². The smallest absolute Gasteiger partial charge is 0.232 e. The maximum absolute atomic E-state index is 12.9. The van der Waals surface area contributed by atoms with Crippen molar-refractivity contribution in [2.45, 2.75) is 51.6 Å². The summed E-state index contributed by atoms with van der Waals surface area (Å²) in [6.07, 6.45) is 0.684. The van der Waals surface area contributed by atoms with Crippen LogP contribution in [0, 0.1) is 0 Å². The fraction of sp³-hybridized carbons (Fsp3) is 0.435. The third-order valence-corrected chi connectivity index (χ3v) is 6.28. The number of nitrogens with zero attached hydrogens (tertiary/aromatic N) is 1. The Morgan fingerprint density at radius 3 is 1.54 bits per heavy atom. The highest BCUT2D eigenvalue weighted by Crippen LogP contribution is 2.37. The number of rotatable bonds is 8. The van der Waals surface area contributed by atoms with E-state index in [-0.39, 0.29) is 35.4 Å². The molecule has 2 rings (SSSR count). The van der Waals surface area contributed by atoms with Gasteiger partial charge in [-0.3, -0.25) is 4.79 Å². The summed E-state index contributed by atoms with van der Waals surface area (Å²) in [6.45, 7) is 9.87. The maximum atomic E-state index is 12.9. The van der Waals surface area contributed by atoms with Crippen molar-refractivity contribution < 1.29 is 38.7 Å². The lowest BCUT2D eigenvalue weighted by atomic mass is 9.71. The van der Waals surface area contributed by atoms with Crippen LogP contribution >= 0.6 is 0 Å². The zero-order valence-corrected chi connectivity index (χ0v) is 19.8. The Hall–Kier alpha value is -1.44. The van der Waals surface area contributed by atoms with Gasteiger partial charge in [0.2, 0.25) is 5.91 Å². The lowest BCUT2D eigenvalue weighted by Gasteiger charge is -2.45. The van der Waals surface area contributed by atoms with Crippen molar-refractivity contribution in [3.63, 3.8) is 0 Å². The Kier molecular flexibility index (Phi) is 10.4. The van der Waals surface area contributed by atoms with Crippen LogP contribution in [0.4, 0.5) is 0 Å². The molecule has 0 saturated carbocycles. The molecular weight excluding hydrogens is 463 g/mol. The number of nitrogens with two attached hydrogens (primary N) is 1. The molecule has 1 amide bonds. The molecule has 0 aliphatic carbocycles. The lowest BCUT2D eigenvalue weighted by Crippen LogP contribution is -3.00. The highest BCUT2D eigenvalue weighted by molar-refractivity contribution is 5.90. The normalized spacial score (nSPS) is 11.7. The summed E-state index contributed by atoms with van der Waals surface area (Å²) in [4.78, 5) is 12.9. The molecule has 5 heteroatoms. The summed E-state index contributed by atoms with van der Waals surface area (Å²) in [5.41, 5.74) is 7.20. The Labute approximate surface area is 187 Å². The first kappa shape index (κ1) is 26.6. The molecule has 4 nitrogen and oxygen atoms in total. The first-order chi connectivity index (χ1) is 12.2. The highest BCUT2D eigenvalue weighted by atomic mass is 127. The Bertz CT molecular complexity index is 670. The summed E-state index contributed by atoms with van der Waals surface area (Å²) in [5.74, 6) is -0.283. The van der Waals surface area contributed by atoms with Crippen molar-refractivity contribution in [3.8, 4) is 0 Å². The molecule has 0 unspecified atom stereocenters. The van der Waals surface area contributed by atoms with Crippen LogP contribution < -0.4 is 29.7 Å². The predicted molar refractivity (Wildman–Crippen MR) is 111 cm³/mol. The zero-order chi connectivity index (χ0) is 19.4. The molecule has 156 valence electrons. The molecule has 0 radical (unpaired) electrons. The van der Waals surface area contributed by atoms with E-state index in [0.717, 1.165) is 22.2 Å². The standard InChI is InChI=1S/C23H32N2O.HI.H2O/c1-18(2)25(5,19(3)4)17-16-23(22(24)26,20-12-8-6-9-13-20)21-14-10-7-11-15-21;;/h6-15,18-19H,16-17H2,1-5H3,(H-,24,26);1H;1H2/p-1. The van der Waals surface area contributed by atoms with Crippen molar-refractivity contribution in [1.82, 2.24) is 0 Å². The molecule has 2 aromatic carbocycles. The molecule has 0 aliphatic rings. The lowest BCUT2D eigenvalue weighted by molar-refractivity contribution is -0.949. The second-order valence-electron chi connectivity index (χ2n) is 8.01. The van der Waals surface area contributed by atoms with Crippen molar-refractivity contribution in [3.05, 3.63) is 71.8 Å². The van der Waals surface area contributed by atoms with Crippen molar-refractivity contribution in [2.24, 2.45) is 5.73 Å². The number of amides is 1. The van der Waals surface area contributed by atoms with Crippen molar-refractivity contribution >= 4 is 5.91 Å². The molecule has 0 aromatic heterocycles. The van der Waals surface area contributed by atoms with Crippen molar-refractivity contribution in [2.75, 3.05) is 13.6 Å². The number of halogens is 1. The molecule has 0 atom stereocenters. The van der Waals surface area contributed by atoms with Crippen LogP contribution in [0.5, 0.6) is 0 Å². The van der Waals surface area contributed by atoms with Crippen LogP contribution in [0.1, 0.15) is 45.2 Å². The zero-order valence-electron chi connectivity index (χ0n) is 17.6. The van der Waals surface area contributed by atoms with Gasteiger partial charge in [0.25, 0.3) is 0 Å². The number of primary amides is 1. The van der Waals surface area contributed by atoms with E-state index >= 15 is 0 Å². The minimum Gasteiger partial charge on any atom is -1.00 e. The van der Waals surface area contributed by atoms with Crippen LogP contribution in [0.15, 0.2) is 60.7 Å². The van der Waals surface area contributed by atoms with Gasteiger partial charge < -0.3 is 39.7 Å². The quantitative estimate of drug-likeness (QED) is 0.436. The molecule has 0 heterocycles. The molecule has 0 saturated heterocycles. The van der Waals surface area contributed by atoms with E-state index < -0.39 is 5.41 Å². The van der Waals surface area contributed by atoms with E-state index in [9.17, 15) is 4.79 Å². The summed E-state index contributed by atoms with van der Waals surface area (Å²) < 4.78 is 0.898. The van der Waals surface area contributed by atoms with Gasteiger partial charge in [0, 0.05) is 6.42 Å². The number of quaternary nitrogens is 1. The van der Waals surface area contributed by atoms with Crippen molar-refractivity contribution in [1.29, 1.82) is 0 Å². The number of benzene rings is 2. The van der Waals surface area contributed by atoms with E-state index in [1.807, 2.05) is 60.7 Å². The summed E-state index contributed by atoms with van der Waals surface area (Å²) in [6, 6.07) is 20.9. The molecule has 2 aromatic rings. The summed E-state index contributed by atoms with van der Waals surface area (Å²) >= 11 is 0. The number of carbonyl (C=O) groups excluding carboxylic acids is 1. The Morgan fingerprint density at radius 1 is 0.893 bits per heavy atom. The Balaban J connectivity index is 0.00000364. The van der Waals surface area contributed by atoms with Gasteiger partial charge in [0.15, 0.2) is 0 Å². The van der Waals surface area contributed by atoms with E-state index in [1.54, 1.807) is 0 Å². The molecule has 0 bridgehead atoms. The molecule has 3 N–H and O–H groups in total. The second-order valence-corrected chi connectivity index (χ2v) is 8.01. The second kappa shape index (κ2) is 10.9. The fourth-order valence-corrected chi connectivity index (χ4v) is 3.83. The van der Waals surface area contributed by atoms with Gasteiger partial charge in [-0.05, 0) is 38.8 Å². The van der Waals surface area contributed by atoms with Gasteiger partial charge in [0.1, 0.15) is 5.41 Å². The summed E-state index contributed by atoms with van der Waals surface area (Å²) in [5, 5.41) is 0. The minimum absolute atomic E-state index is 0. The fourth-order valence-electron chi connectivity index (χ4n) is 3.83. The predicted octanol–water partition coefficient (Wildman–Crippen LogP) is 0.939. The van der Waals surface area contributed by atoms with Crippen LogP contribution in [-0.2, 0) is 10.2 Å². The molecule has 0 fully saturated rings. The number of hydrogen-bond acceptors (Lipinski definition) is 2. The van der Waals surface area contributed by atoms with Gasteiger partial charge in [0.05, 0.1) is 25.7 Å². The van der Waals surface area contributed by atoms with Gasteiger partial charge in [-0.1, -0.05) is 60.7 Å². The first-order valence-electron chi connectivity index (χ1n) is 9.51. The monoisotopic (exact) mass is 497 g/mol. The van der Waals surface area contributed by atoms with E-state index in [1.165, 1.54) is 0 Å². The van der Waals surface area contributed by atoms with Crippen LogP contribution in [0.2, 0.25) is 0 Å². The van der Waals surface area contributed by atoms with Crippen LogP contribution in [0.25, 0.3) is 0 Å². The third-order valence-electron chi connectivity index (χ3n) is 6.28. The number of hydrogen-bond donors (Lipinski definition) is 1. The van der Waals surface area contributed by atoms with Gasteiger partial charge in [-0.2, -0.15) is 0 Å². The van der Waals surface area contributed by atoms with Crippen LogP contribution in [-0.4, -0.2) is 41.5 Å².